The molecule has 4 heteroatoms. The van der Waals surface area contributed by atoms with Gasteiger partial charge in [0.15, 0.2) is 0 Å². The summed E-state index contributed by atoms with van der Waals surface area (Å²) in [6, 6.07) is 22.3. The van der Waals surface area contributed by atoms with Gasteiger partial charge in [0.1, 0.15) is 0 Å². The number of amides is 1. The smallest absolute Gasteiger partial charge is 0.335 e. The number of allylic oxidation sites excluding steroid dienone is 1. The van der Waals surface area contributed by atoms with E-state index in [1.807, 2.05) is 30.3 Å². The van der Waals surface area contributed by atoms with Gasteiger partial charge >= 0.3 is 5.97 Å². The van der Waals surface area contributed by atoms with Crippen molar-refractivity contribution >= 4 is 23.1 Å². The van der Waals surface area contributed by atoms with E-state index >= 15 is 0 Å². The van der Waals surface area contributed by atoms with Crippen LogP contribution in [0.2, 0.25) is 0 Å². The molecule has 31 heavy (non-hydrogen) atoms. The number of hydrogen-bond acceptors (Lipinski definition) is 2. The predicted octanol–water partition coefficient (Wildman–Crippen LogP) is 6.00. The molecule has 0 heterocycles. The summed E-state index contributed by atoms with van der Waals surface area (Å²) < 4.78 is 0. The van der Waals surface area contributed by atoms with Crippen LogP contribution in [0.15, 0.2) is 78.9 Å². The van der Waals surface area contributed by atoms with E-state index in [4.69, 9.17) is 5.11 Å². The van der Waals surface area contributed by atoms with E-state index in [9.17, 15) is 9.59 Å². The minimum atomic E-state index is -0.996. The Kier molecular flexibility index (Phi) is 5.24. The summed E-state index contributed by atoms with van der Waals surface area (Å²) in [6.07, 6.45) is 2.30. The number of fused-ring (bicyclic) bond motifs is 1. The number of nitrogens with one attached hydrogen (secondary N) is 1. The van der Waals surface area contributed by atoms with Gasteiger partial charge in [-0.15, -0.1) is 0 Å². The molecule has 1 amide bonds. The van der Waals surface area contributed by atoms with Crippen LogP contribution < -0.4 is 5.32 Å². The number of rotatable bonds is 4. The Hall–Kier alpha value is -3.66. The minimum absolute atomic E-state index is 0.0463. The summed E-state index contributed by atoms with van der Waals surface area (Å²) in [5.74, 6) is -0.873. The Morgan fingerprint density at radius 3 is 2.19 bits per heavy atom. The number of carbonyl (C=O) groups is 2. The van der Waals surface area contributed by atoms with Crippen molar-refractivity contribution in [3.63, 3.8) is 0 Å². The third-order valence-corrected chi connectivity index (χ3v) is 6.30. The van der Waals surface area contributed by atoms with Crippen LogP contribution in [0.3, 0.4) is 0 Å². The van der Waals surface area contributed by atoms with Crippen molar-refractivity contribution in [3.05, 3.63) is 107 Å². The molecule has 0 spiro atoms. The van der Waals surface area contributed by atoms with E-state index < -0.39 is 5.97 Å². The average molecular weight is 412 g/mol. The normalized spacial score (nSPS) is 16.7. The van der Waals surface area contributed by atoms with Crippen LogP contribution in [0.4, 0.5) is 5.69 Å². The molecule has 1 unspecified atom stereocenters. The van der Waals surface area contributed by atoms with E-state index in [1.165, 1.54) is 17.7 Å². The molecule has 0 aromatic heterocycles. The maximum Gasteiger partial charge on any atom is 0.335 e. The maximum absolute atomic E-state index is 12.9. The highest BCUT2D eigenvalue weighted by molar-refractivity contribution is 6.05. The largest absolute Gasteiger partial charge is 0.478 e. The lowest BCUT2D eigenvalue weighted by Crippen LogP contribution is -2.30. The number of hydrogen-bond donors (Lipinski definition) is 2. The molecule has 4 rings (SSSR count). The number of carbonyl (C=O) groups excluding carboxylic acids is 1. The summed E-state index contributed by atoms with van der Waals surface area (Å²) in [5, 5.41) is 11.9. The first-order chi connectivity index (χ1) is 14.8. The van der Waals surface area contributed by atoms with Crippen molar-refractivity contribution in [3.8, 4) is 0 Å². The summed E-state index contributed by atoms with van der Waals surface area (Å²) in [7, 11) is 0. The molecule has 0 saturated carbocycles. The van der Waals surface area contributed by atoms with Gasteiger partial charge in [0.25, 0.3) is 5.91 Å². The third kappa shape index (κ3) is 3.89. The van der Waals surface area contributed by atoms with Gasteiger partial charge in [-0.25, -0.2) is 4.79 Å². The Morgan fingerprint density at radius 1 is 0.903 bits per heavy atom. The van der Waals surface area contributed by atoms with E-state index in [0.29, 0.717) is 17.2 Å². The van der Waals surface area contributed by atoms with Crippen molar-refractivity contribution in [1.82, 2.24) is 0 Å². The second-order valence-corrected chi connectivity index (χ2v) is 8.55. The molecule has 0 fully saturated rings. The first-order valence-electron chi connectivity index (χ1n) is 10.3. The van der Waals surface area contributed by atoms with Gasteiger partial charge in [-0.1, -0.05) is 63.2 Å². The number of carboxylic acid groups (broad SMARTS) is 1. The summed E-state index contributed by atoms with van der Waals surface area (Å²) in [6.45, 7) is 6.70. The van der Waals surface area contributed by atoms with Crippen LogP contribution in [0.25, 0.3) is 5.57 Å². The molecular weight excluding hydrogens is 386 g/mol. The molecular formula is C27H25NO3. The molecule has 0 saturated heterocycles. The molecule has 156 valence electrons. The fraction of sp³-hybridized carbons (Fsp3) is 0.185. The van der Waals surface area contributed by atoms with Gasteiger partial charge in [-0.3, -0.25) is 4.79 Å². The van der Waals surface area contributed by atoms with Crippen LogP contribution in [0.1, 0.15) is 58.2 Å². The van der Waals surface area contributed by atoms with Gasteiger partial charge in [0.05, 0.1) is 5.56 Å². The topological polar surface area (TPSA) is 66.4 Å². The second kappa shape index (κ2) is 7.88. The average Bonchev–Trinajstić information content (AvgIpc) is 2.77. The highest BCUT2D eigenvalue weighted by Gasteiger charge is 2.34. The van der Waals surface area contributed by atoms with Crippen LogP contribution in [0.5, 0.6) is 0 Å². The zero-order valence-corrected chi connectivity index (χ0v) is 17.8. The monoisotopic (exact) mass is 411 g/mol. The van der Waals surface area contributed by atoms with Gasteiger partial charge in [-0.2, -0.15) is 0 Å². The first-order valence-corrected chi connectivity index (χ1v) is 10.3. The zero-order valence-electron chi connectivity index (χ0n) is 17.8. The molecule has 0 aliphatic heterocycles. The van der Waals surface area contributed by atoms with Crippen LogP contribution in [-0.2, 0) is 5.41 Å². The van der Waals surface area contributed by atoms with Crippen LogP contribution in [-0.4, -0.2) is 17.0 Å². The minimum Gasteiger partial charge on any atom is -0.478 e. The molecule has 3 aromatic carbocycles. The fourth-order valence-corrected chi connectivity index (χ4v) is 4.03. The summed E-state index contributed by atoms with van der Waals surface area (Å²) in [4.78, 5) is 24.0. The Balaban J connectivity index is 1.70. The van der Waals surface area contributed by atoms with Crippen LogP contribution in [0, 0.1) is 5.92 Å². The maximum atomic E-state index is 12.9. The molecule has 0 bridgehead atoms. The van der Waals surface area contributed by atoms with E-state index in [1.54, 1.807) is 12.1 Å². The Labute approximate surface area is 182 Å². The standard InChI is InChI=1S/C27H25NO3/c1-17-15-22(18-7-5-4-6-8-18)23-16-20(11-14-24(23)27(17,2)3)25(29)28-21-12-9-19(10-13-21)26(30)31/h4-17H,1-3H3,(H,28,29)(H,30,31). The lowest BCUT2D eigenvalue weighted by atomic mass is 9.66. The number of benzene rings is 3. The molecule has 1 aliphatic carbocycles. The second-order valence-electron chi connectivity index (χ2n) is 8.55. The van der Waals surface area contributed by atoms with Gasteiger partial charge in [0, 0.05) is 11.3 Å². The number of anilines is 1. The quantitative estimate of drug-likeness (QED) is 0.554. The summed E-state index contributed by atoms with van der Waals surface area (Å²) in [5.41, 5.74) is 5.83. The van der Waals surface area contributed by atoms with Crippen molar-refractivity contribution in [2.24, 2.45) is 5.92 Å². The number of aromatic carboxylic acids is 1. The van der Waals surface area contributed by atoms with Gasteiger partial charge < -0.3 is 10.4 Å². The molecule has 1 atom stereocenters. The molecule has 3 aromatic rings. The highest BCUT2D eigenvalue weighted by atomic mass is 16.4. The SMILES string of the molecule is CC1C=C(c2ccccc2)c2cc(C(=O)Nc3ccc(C(=O)O)cc3)ccc2C1(C)C. The van der Waals surface area contributed by atoms with Gasteiger partial charge in [0.2, 0.25) is 0 Å². The lowest BCUT2D eigenvalue weighted by Gasteiger charge is -2.38. The Morgan fingerprint density at radius 2 is 1.55 bits per heavy atom. The molecule has 0 radical (unpaired) electrons. The van der Waals surface area contributed by atoms with Crippen molar-refractivity contribution in [2.75, 3.05) is 5.32 Å². The van der Waals surface area contributed by atoms with E-state index in [2.05, 4.69) is 50.4 Å². The van der Waals surface area contributed by atoms with E-state index in [-0.39, 0.29) is 16.9 Å². The van der Waals surface area contributed by atoms with E-state index in [0.717, 1.165) is 16.7 Å². The van der Waals surface area contributed by atoms with Crippen molar-refractivity contribution < 1.29 is 14.7 Å². The third-order valence-electron chi connectivity index (χ3n) is 6.30. The molecule has 1 aliphatic rings. The number of carboxylic acids is 1. The predicted molar refractivity (Wildman–Crippen MR) is 124 cm³/mol. The fourth-order valence-electron chi connectivity index (χ4n) is 4.03. The zero-order chi connectivity index (χ0) is 22.2. The summed E-state index contributed by atoms with van der Waals surface area (Å²) >= 11 is 0. The Bertz CT molecular complexity index is 1170. The van der Waals surface area contributed by atoms with Gasteiger partial charge in [-0.05, 0) is 70.0 Å². The van der Waals surface area contributed by atoms with Crippen molar-refractivity contribution in [1.29, 1.82) is 0 Å². The molecule has 2 N–H and O–H groups in total. The highest BCUT2D eigenvalue weighted by Crippen LogP contribution is 2.44. The van der Waals surface area contributed by atoms with Crippen LogP contribution >= 0.6 is 0 Å². The first kappa shape index (κ1) is 20.6. The molecule has 4 nitrogen and oxygen atoms in total. The lowest BCUT2D eigenvalue weighted by molar-refractivity contribution is 0.0696. The van der Waals surface area contributed by atoms with Crippen molar-refractivity contribution in [2.45, 2.75) is 26.2 Å².